The van der Waals surface area contributed by atoms with Gasteiger partial charge in [-0.25, -0.2) is 19.6 Å². The first-order valence-electron chi connectivity index (χ1n) is 19.7. The molecule has 64 heavy (non-hydrogen) atoms. The summed E-state index contributed by atoms with van der Waals surface area (Å²) in [7, 11) is 0. The average Bonchev–Trinajstić information content (AvgIpc) is 4.08. The van der Waals surface area contributed by atoms with E-state index < -0.39 is 11.9 Å². The van der Waals surface area contributed by atoms with Crippen molar-refractivity contribution >= 4 is 126 Å². The topological polar surface area (TPSA) is 207 Å². The summed E-state index contributed by atoms with van der Waals surface area (Å²) in [4.78, 5) is 36.9. The fraction of sp³-hybridized carbons (Fsp3) is 0.200. The van der Waals surface area contributed by atoms with Gasteiger partial charge >= 0.3 is 11.9 Å². The highest BCUT2D eigenvalue weighted by molar-refractivity contribution is 7.30. The second-order valence-corrected chi connectivity index (χ2v) is 17.1. The number of azo groups is 3. The van der Waals surface area contributed by atoms with E-state index in [0.29, 0.717) is 42.7 Å². The Labute approximate surface area is 386 Å². The SMILES string of the molecule is C.CCN(CC)c1ccc(N=Nc2ccc(N=Nc3nc4sc(C(=O)O)cc4s3)cc2)cc1.CCN(CC)c1ccccc1.Nc1ccc(N=Nc2nc3sc(C(=O)O)cc3s2)cc1. The third-order valence-corrected chi connectivity index (χ3v) is 13.0. The molecule has 15 nitrogen and oxygen atoms in total. The highest BCUT2D eigenvalue weighted by Crippen LogP contribution is 2.36. The average molecular weight is 934 g/mol. The van der Waals surface area contributed by atoms with Gasteiger partial charge < -0.3 is 25.7 Å². The maximum atomic E-state index is 11.0. The van der Waals surface area contributed by atoms with Crippen LogP contribution in [0.2, 0.25) is 0 Å². The number of fused-ring (bicyclic) bond motifs is 2. The Morgan fingerprint density at radius 3 is 1.22 bits per heavy atom. The number of hydrogen-bond donors (Lipinski definition) is 3. The molecule has 0 amide bonds. The van der Waals surface area contributed by atoms with Crippen LogP contribution in [0.25, 0.3) is 19.1 Å². The molecule has 0 saturated carbocycles. The lowest BCUT2D eigenvalue weighted by Crippen LogP contribution is -2.21. The van der Waals surface area contributed by atoms with Crippen molar-refractivity contribution < 1.29 is 19.8 Å². The Kier molecular flexibility index (Phi) is 17.8. The van der Waals surface area contributed by atoms with E-state index >= 15 is 0 Å². The summed E-state index contributed by atoms with van der Waals surface area (Å²) in [5.41, 5.74) is 11.6. The highest BCUT2D eigenvalue weighted by atomic mass is 32.1. The lowest BCUT2D eigenvalue weighted by molar-refractivity contribution is 0.0691. The fourth-order valence-electron chi connectivity index (χ4n) is 5.73. The second kappa shape index (κ2) is 23.6. The maximum absolute atomic E-state index is 11.0. The molecule has 8 rings (SSSR count). The molecule has 0 aliphatic rings. The lowest BCUT2D eigenvalue weighted by Gasteiger charge is -2.20. The van der Waals surface area contributed by atoms with Crippen LogP contribution >= 0.6 is 45.3 Å². The summed E-state index contributed by atoms with van der Waals surface area (Å²) in [6.45, 7) is 12.7. The number of nitrogens with two attached hydrogens (primary N) is 1. The quantitative estimate of drug-likeness (QED) is 0.0699. The number of carboxylic acid groups (broad SMARTS) is 2. The third kappa shape index (κ3) is 13.4. The second-order valence-electron chi connectivity index (χ2n) is 13.1. The standard InChI is InChI=1S/C22H20N6O2S2.C12H8N4O2S2.C10H15N.CH4/c1-3-28(4-2)17-11-9-16(10-12-17)25-24-14-5-7-15(8-6-14)26-27-22-23-20-18(32-22)13-19(31-20)21(29)30;13-6-1-3-7(4-2-6)15-16-12-14-10-8(20-12)5-9(19-10)11(17)18;1-3-11(4-2)10-8-6-5-7-9-10;/h5-13H,3-4H2,1-2H3,(H,29,30);1-5H,13H2,(H,17,18);5-9H,3-4H2,1-2H3;1H4. The number of nitrogen functional groups attached to an aromatic ring is 1. The molecule has 0 aliphatic heterocycles. The van der Waals surface area contributed by atoms with Crippen molar-refractivity contribution in [3.8, 4) is 0 Å². The summed E-state index contributed by atoms with van der Waals surface area (Å²) < 4.78 is 1.60. The number of aromatic carboxylic acids is 2. The van der Waals surface area contributed by atoms with E-state index in [-0.39, 0.29) is 17.2 Å². The van der Waals surface area contributed by atoms with E-state index in [1.54, 1.807) is 48.5 Å². The molecule has 4 heterocycles. The van der Waals surface area contributed by atoms with Crippen molar-refractivity contribution in [2.75, 3.05) is 41.7 Å². The first-order valence-corrected chi connectivity index (χ1v) is 22.9. The number of thiazole rings is 2. The molecule has 4 aromatic carbocycles. The summed E-state index contributed by atoms with van der Waals surface area (Å²) in [5.74, 6) is -1.89. The number of nitrogens with zero attached hydrogens (tertiary/aromatic N) is 10. The third-order valence-electron chi connectivity index (χ3n) is 8.97. The minimum atomic E-state index is -0.947. The zero-order valence-corrected chi connectivity index (χ0v) is 38.0. The van der Waals surface area contributed by atoms with Crippen LogP contribution in [0.4, 0.5) is 50.1 Å². The van der Waals surface area contributed by atoms with Gasteiger partial charge in [-0.3, -0.25) is 0 Å². The summed E-state index contributed by atoms with van der Waals surface area (Å²) in [5, 5.41) is 43.9. The number of rotatable bonds is 14. The van der Waals surface area contributed by atoms with Gasteiger partial charge in [0.2, 0.25) is 10.3 Å². The normalized spacial score (nSPS) is 11.1. The number of anilines is 3. The molecule has 4 N–H and O–H groups in total. The van der Waals surface area contributed by atoms with E-state index in [0.717, 1.165) is 63.9 Å². The molecule has 4 aromatic heterocycles. The molecule has 0 fully saturated rings. The van der Waals surface area contributed by atoms with Gasteiger partial charge in [0.15, 0.2) is 0 Å². The number of hydrogen-bond acceptors (Lipinski definition) is 17. The molecule has 0 spiro atoms. The molecule has 19 heteroatoms. The van der Waals surface area contributed by atoms with Gasteiger partial charge in [-0.05, 0) is 125 Å². The van der Waals surface area contributed by atoms with E-state index in [1.807, 2.05) is 30.3 Å². The van der Waals surface area contributed by atoms with E-state index in [1.165, 1.54) is 34.0 Å². The van der Waals surface area contributed by atoms with E-state index in [9.17, 15) is 9.59 Å². The van der Waals surface area contributed by atoms with Crippen LogP contribution in [0.15, 0.2) is 146 Å². The molecular weight excluding hydrogens is 887 g/mol. The van der Waals surface area contributed by atoms with Gasteiger partial charge in [-0.1, -0.05) is 48.3 Å². The Bertz CT molecular complexity index is 2750. The number of para-hydroxylation sites is 1. The summed E-state index contributed by atoms with van der Waals surface area (Å²) >= 11 is 4.88. The smallest absolute Gasteiger partial charge is 0.345 e. The minimum Gasteiger partial charge on any atom is -0.477 e. The van der Waals surface area contributed by atoms with Crippen molar-refractivity contribution in [2.45, 2.75) is 35.1 Å². The Hall–Kier alpha value is -6.80. The number of thiophene rings is 2. The number of carbonyl (C=O) groups is 2. The van der Waals surface area contributed by atoms with Gasteiger partial charge in [-0.15, -0.1) is 43.1 Å². The molecule has 0 atom stereocenters. The molecule has 0 bridgehead atoms. The summed E-state index contributed by atoms with van der Waals surface area (Å²) in [6, 6.07) is 36.0. The predicted molar refractivity (Wildman–Crippen MR) is 265 cm³/mol. The number of benzene rings is 4. The fourth-order valence-corrected chi connectivity index (χ4v) is 9.48. The van der Waals surface area contributed by atoms with E-state index in [2.05, 4.69) is 115 Å². The van der Waals surface area contributed by atoms with Crippen LogP contribution in [-0.2, 0) is 0 Å². The molecule has 0 radical (unpaired) electrons. The van der Waals surface area contributed by atoms with Crippen LogP contribution in [0.3, 0.4) is 0 Å². The van der Waals surface area contributed by atoms with Crippen molar-refractivity contribution in [3.05, 3.63) is 125 Å². The van der Waals surface area contributed by atoms with Gasteiger partial charge in [0.1, 0.15) is 19.4 Å². The van der Waals surface area contributed by atoms with Crippen molar-refractivity contribution in [1.29, 1.82) is 0 Å². The lowest BCUT2D eigenvalue weighted by atomic mass is 10.2. The van der Waals surface area contributed by atoms with Crippen molar-refractivity contribution in [1.82, 2.24) is 9.97 Å². The Morgan fingerprint density at radius 1 is 0.516 bits per heavy atom. The van der Waals surface area contributed by atoms with Crippen LogP contribution in [0.5, 0.6) is 0 Å². The molecular formula is C45H47N11O4S4. The zero-order chi connectivity index (χ0) is 44.7. The first-order chi connectivity index (χ1) is 30.5. The van der Waals surface area contributed by atoms with Gasteiger partial charge in [0, 0.05) is 43.2 Å². The van der Waals surface area contributed by atoms with Crippen molar-refractivity contribution in [2.24, 2.45) is 30.7 Å². The minimum absolute atomic E-state index is 0. The largest absolute Gasteiger partial charge is 0.477 e. The predicted octanol–water partition coefficient (Wildman–Crippen LogP) is 15.0. The van der Waals surface area contributed by atoms with E-state index in [4.69, 9.17) is 15.9 Å². The molecule has 8 aromatic rings. The van der Waals surface area contributed by atoms with Crippen LogP contribution in [0.1, 0.15) is 54.5 Å². The monoisotopic (exact) mass is 933 g/mol. The van der Waals surface area contributed by atoms with Gasteiger partial charge in [0.05, 0.1) is 32.1 Å². The zero-order valence-electron chi connectivity index (χ0n) is 34.7. The van der Waals surface area contributed by atoms with Crippen molar-refractivity contribution in [3.63, 3.8) is 0 Å². The summed E-state index contributed by atoms with van der Waals surface area (Å²) in [6.07, 6.45) is 0. The van der Waals surface area contributed by atoms with Crippen LogP contribution in [-0.4, -0.2) is 58.3 Å². The van der Waals surface area contributed by atoms with Crippen LogP contribution in [0, 0.1) is 0 Å². The van der Waals surface area contributed by atoms with Gasteiger partial charge in [0.25, 0.3) is 0 Å². The Morgan fingerprint density at radius 2 is 0.859 bits per heavy atom. The first kappa shape index (κ1) is 48.2. The molecule has 0 unspecified atom stereocenters. The number of aromatic nitrogens is 2. The Balaban J connectivity index is 0.000000204. The van der Waals surface area contributed by atoms with Crippen LogP contribution < -0.4 is 15.5 Å². The maximum Gasteiger partial charge on any atom is 0.345 e. The van der Waals surface area contributed by atoms with Gasteiger partial charge in [-0.2, -0.15) is 10.2 Å². The molecule has 330 valence electrons. The highest BCUT2D eigenvalue weighted by Gasteiger charge is 2.14. The molecule has 0 aliphatic carbocycles. The number of carboxylic acids is 2. The molecule has 0 saturated heterocycles.